The van der Waals surface area contributed by atoms with Gasteiger partial charge in [0, 0.05) is 6.20 Å². The minimum absolute atomic E-state index is 0.0735. The zero-order valence-electron chi connectivity index (χ0n) is 11.9. The topological polar surface area (TPSA) is 51.2 Å². The lowest BCUT2D eigenvalue weighted by Crippen LogP contribution is -2.34. The second-order valence-electron chi connectivity index (χ2n) is 5.05. The molecule has 0 radical (unpaired) electrons. The number of methoxy groups -OCH3 is 1. The van der Waals surface area contributed by atoms with Gasteiger partial charge in [-0.05, 0) is 43.7 Å². The number of carbonyl (C=O) groups is 1. The predicted octanol–water partition coefficient (Wildman–Crippen LogP) is 3.01. The van der Waals surface area contributed by atoms with Crippen LogP contribution in [0, 0.1) is 0 Å². The number of nitrogens with one attached hydrogen (secondary N) is 1. The number of aromatic nitrogens is 1. The van der Waals surface area contributed by atoms with Crippen LogP contribution in [-0.2, 0) is 10.2 Å². The molecule has 0 aliphatic heterocycles. The molecule has 2 aromatic rings. The van der Waals surface area contributed by atoms with Crippen LogP contribution in [-0.4, -0.2) is 18.0 Å². The van der Waals surface area contributed by atoms with Crippen molar-refractivity contribution in [3.63, 3.8) is 0 Å². The monoisotopic (exact) mass is 270 g/mol. The molecule has 104 valence electrons. The highest BCUT2D eigenvalue weighted by molar-refractivity contribution is 5.98. The number of ether oxygens (including phenoxy) is 1. The van der Waals surface area contributed by atoms with Crippen molar-refractivity contribution in [1.82, 2.24) is 4.98 Å². The van der Waals surface area contributed by atoms with Gasteiger partial charge in [-0.3, -0.25) is 9.78 Å². The Balaban J connectivity index is 2.18. The largest absolute Gasteiger partial charge is 0.497 e. The Labute approximate surface area is 118 Å². The third-order valence-electron chi connectivity index (χ3n) is 3.30. The molecule has 20 heavy (non-hydrogen) atoms. The van der Waals surface area contributed by atoms with E-state index in [-0.39, 0.29) is 5.91 Å². The average Bonchev–Trinajstić information content (AvgIpc) is 2.48. The normalized spacial score (nSPS) is 10.9. The number of pyridine rings is 1. The van der Waals surface area contributed by atoms with Crippen LogP contribution >= 0.6 is 0 Å². The van der Waals surface area contributed by atoms with Gasteiger partial charge >= 0.3 is 0 Å². The number of hydrogen-bond donors (Lipinski definition) is 1. The molecule has 0 aliphatic rings. The summed E-state index contributed by atoms with van der Waals surface area (Å²) in [5, 5.41) is 2.88. The Hall–Kier alpha value is -2.36. The summed E-state index contributed by atoms with van der Waals surface area (Å²) in [7, 11) is 1.62. The zero-order chi connectivity index (χ0) is 14.6. The Kier molecular flexibility index (Phi) is 4.03. The van der Waals surface area contributed by atoms with Gasteiger partial charge in [0.25, 0.3) is 0 Å². The van der Waals surface area contributed by atoms with Crippen LogP contribution in [0.25, 0.3) is 0 Å². The fourth-order valence-corrected chi connectivity index (χ4v) is 1.86. The highest BCUT2D eigenvalue weighted by Gasteiger charge is 2.29. The fourth-order valence-electron chi connectivity index (χ4n) is 1.86. The van der Waals surface area contributed by atoms with Gasteiger partial charge in [-0.15, -0.1) is 0 Å². The predicted molar refractivity (Wildman–Crippen MR) is 78.9 cm³/mol. The van der Waals surface area contributed by atoms with Crippen molar-refractivity contribution in [1.29, 1.82) is 0 Å². The van der Waals surface area contributed by atoms with Crippen LogP contribution in [0.1, 0.15) is 19.4 Å². The average molecular weight is 270 g/mol. The van der Waals surface area contributed by atoms with E-state index in [9.17, 15) is 4.79 Å². The van der Waals surface area contributed by atoms with E-state index in [1.165, 1.54) is 0 Å². The van der Waals surface area contributed by atoms with Crippen LogP contribution < -0.4 is 10.1 Å². The summed E-state index contributed by atoms with van der Waals surface area (Å²) in [6.45, 7) is 3.78. The smallest absolute Gasteiger partial charge is 0.234 e. The number of rotatable bonds is 4. The van der Waals surface area contributed by atoms with Crippen LogP contribution in [0.5, 0.6) is 5.75 Å². The maximum Gasteiger partial charge on any atom is 0.234 e. The quantitative estimate of drug-likeness (QED) is 0.929. The third kappa shape index (κ3) is 2.96. The maximum absolute atomic E-state index is 12.4. The van der Waals surface area contributed by atoms with E-state index in [1.807, 2.05) is 44.2 Å². The van der Waals surface area contributed by atoms with Gasteiger partial charge in [0.05, 0.1) is 24.4 Å². The Morgan fingerprint density at radius 3 is 2.45 bits per heavy atom. The van der Waals surface area contributed by atoms with Gasteiger partial charge < -0.3 is 10.1 Å². The Morgan fingerprint density at radius 1 is 1.20 bits per heavy atom. The van der Waals surface area contributed by atoms with Crippen molar-refractivity contribution in [2.75, 3.05) is 12.4 Å². The lowest BCUT2D eigenvalue weighted by Gasteiger charge is -2.24. The summed E-state index contributed by atoms with van der Waals surface area (Å²) in [5.41, 5.74) is 0.987. The standard InChI is InChI=1S/C16H18N2O2/c1-16(2,12-6-8-14(20-3)9-7-12)15(19)18-13-5-4-10-17-11-13/h4-11H,1-3H3,(H,18,19). The van der Waals surface area contributed by atoms with Crippen LogP contribution in [0.3, 0.4) is 0 Å². The number of amides is 1. The van der Waals surface area contributed by atoms with Crippen molar-refractivity contribution < 1.29 is 9.53 Å². The van der Waals surface area contributed by atoms with Crippen molar-refractivity contribution in [3.8, 4) is 5.75 Å². The lowest BCUT2D eigenvalue weighted by molar-refractivity contribution is -0.120. The van der Waals surface area contributed by atoms with Crippen LogP contribution in [0.15, 0.2) is 48.8 Å². The number of carbonyl (C=O) groups excluding carboxylic acids is 1. The molecule has 1 amide bonds. The molecule has 0 saturated carbocycles. The minimum atomic E-state index is -0.637. The first-order chi connectivity index (χ1) is 9.54. The molecule has 1 N–H and O–H groups in total. The molecular weight excluding hydrogens is 252 g/mol. The summed E-state index contributed by atoms with van der Waals surface area (Å²) < 4.78 is 5.13. The van der Waals surface area contributed by atoms with Crippen molar-refractivity contribution in [2.24, 2.45) is 0 Å². The molecule has 0 unspecified atom stereocenters. The van der Waals surface area contributed by atoms with E-state index in [0.29, 0.717) is 5.69 Å². The molecule has 2 rings (SSSR count). The van der Waals surface area contributed by atoms with E-state index in [0.717, 1.165) is 11.3 Å². The van der Waals surface area contributed by atoms with Gasteiger partial charge in [0.15, 0.2) is 0 Å². The number of nitrogens with zero attached hydrogens (tertiary/aromatic N) is 1. The summed E-state index contributed by atoms with van der Waals surface area (Å²) in [5.74, 6) is 0.702. The first kappa shape index (κ1) is 14.1. The van der Waals surface area contributed by atoms with Crippen LogP contribution in [0.4, 0.5) is 5.69 Å². The highest BCUT2D eigenvalue weighted by atomic mass is 16.5. The van der Waals surface area contributed by atoms with E-state index in [4.69, 9.17) is 4.74 Å². The minimum Gasteiger partial charge on any atom is -0.497 e. The van der Waals surface area contributed by atoms with Crippen molar-refractivity contribution in [2.45, 2.75) is 19.3 Å². The molecule has 0 fully saturated rings. The van der Waals surface area contributed by atoms with Gasteiger partial charge in [-0.25, -0.2) is 0 Å². The lowest BCUT2D eigenvalue weighted by atomic mass is 9.83. The van der Waals surface area contributed by atoms with Gasteiger partial charge in [-0.1, -0.05) is 12.1 Å². The third-order valence-corrected chi connectivity index (χ3v) is 3.30. The summed E-state index contributed by atoms with van der Waals surface area (Å²) >= 11 is 0. The molecule has 1 heterocycles. The van der Waals surface area contributed by atoms with E-state index in [2.05, 4.69) is 10.3 Å². The summed E-state index contributed by atoms with van der Waals surface area (Å²) in [6, 6.07) is 11.1. The summed E-state index contributed by atoms with van der Waals surface area (Å²) in [6.07, 6.45) is 3.30. The highest BCUT2D eigenvalue weighted by Crippen LogP contribution is 2.26. The fraction of sp³-hybridized carbons (Fsp3) is 0.250. The molecule has 4 heteroatoms. The molecule has 0 spiro atoms. The van der Waals surface area contributed by atoms with E-state index in [1.54, 1.807) is 25.6 Å². The molecule has 0 saturated heterocycles. The van der Waals surface area contributed by atoms with Gasteiger partial charge in [-0.2, -0.15) is 0 Å². The molecule has 0 atom stereocenters. The molecule has 1 aromatic heterocycles. The molecule has 0 bridgehead atoms. The maximum atomic E-state index is 12.4. The van der Waals surface area contributed by atoms with E-state index >= 15 is 0 Å². The van der Waals surface area contributed by atoms with Crippen LogP contribution in [0.2, 0.25) is 0 Å². The first-order valence-electron chi connectivity index (χ1n) is 6.40. The Morgan fingerprint density at radius 2 is 1.90 bits per heavy atom. The summed E-state index contributed by atoms with van der Waals surface area (Å²) in [4.78, 5) is 16.4. The molecule has 4 nitrogen and oxygen atoms in total. The van der Waals surface area contributed by atoms with Gasteiger partial charge in [0.1, 0.15) is 5.75 Å². The van der Waals surface area contributed by atoms with Crippen molar-refractivity contribution >= 4 is 11.6 Å². The van der Waals surface area contributed by atoms with E-state index < -0.39 is 5.41 Å². The zero-order valence-corrected chi connectivity index (χ0v) is 11.9. The van der Waals surface area contributed by atoms with Crippen molar-refractivity contribution in [3.05, 3.63) is 54.4 Å². The van der Waals surface area contributed by atoms with Gasteiger partial charge in [0.2, 0.25) is 5.91 Å². The second kappa shape index (κ2) is 5.74. The Bertz CT molecular complexity index is 577. The molecule has 1 aromatic carbocycles. The number of hydrogen-bond acceptors (Lipinski definition) is 3. The first-order valence-corrected chi connectivity index (χ1v) is 6.40. The molecule has 0 aliphatic carbocycles. The SMILES string of the molecule is COc1ccc(C(C)(C)C(=O)Nc2cccnc2)cc1. The number of benzene rings is 1. The molecular formula is C16H18N2O2. The second-order valence-corrected chi connectivity index (χ2v) is 5.05. The number of anilines is 1.